The number of hydrogen-bond acceptors (Lipinski definition) is 7. The Balaban J connectivity index is 1.64. The number of anilines is 1. The first-order valence-electron chi connectivity index (χ1n) is 11.9. The molecule has 2 N–H and O–H groups in total. The number of fused-ring (bicyclic) bond motifs is 4. The number of carbonyl (C=O) groups is 1. The second-order valence-corrected chi connectivity index (χ2v) is 10.8. The fourth-order valence-electron chi connectivity index (χ4n) is 4.70. The van der Waals surface area contributed by atoms with E-state index in [9.17, 15) is 13.2 Å². The summed E-state index contributed by atoms with van der Waals surface area (Å²) < 4.78 is 40.8. The van der Waals surface area contributed by atoms with E-state index in [0.29, 0.717) is 18.9 Å². The van der Waals surface area contributed by atoms with E-state index in [1.165, 1.54) is 18.2 Å². The minimum absolute atomic E-state index is 0.0566. The highest BCUT2D eigenvalue weighted by molar-refractivity contribution is 7.92. The monoisotopic (exact) mass is 508 g/mol. The van der Waals surface area contributed by atoms with Gasteiger partial charge in [-0.3, -0.25) is 4.79 Å². The van der Waals surface area contributed by atoms with E-state index in [-0.39, 0.29) is 46.8 Å². The molecule has 9 nitrogen and oxygen atoms in total. The van der Waals surface area contributed by atoms with E-state index in [1.807, 2.05) is 32.0 Å². The maximum Gasteiger partial charge on any atom is 0.264 e. The first kappa shape index (κ1) is 24.2. The Labute approximate surface area is 210 Å². The topological polar surface area (TPSA) is 120 Å². The van der Waals surface area contributed by atoms with E-state index < -0.39 is 10.0 Å². The third-order valence-corrected chi connectivity index (χ3v) is 7.93. The van der Waals surface area contributed by atoms with Crippen LogP contribution < -0.4 is 14.8 Å². The number of carbonyl (C=O) groups excluding carboxylic acids is 1. The highest BCUT2D eigenvalue weighted by atomic mass is 32.2. The molecule has 1 atom stereocenters. The second-order valence-electron chi connectivity index (χ2n) is 9.13. The lowest BCUT2D eigenvalue weighted by molar-refractivity contribution is 0.0168. The number of aryl methyl sites for hydroxylation is 2. The fourth-order valence-corrected chi connectivity index (χ4v) is 5.69. The summed E-state index contributed by atoms with van der Waals surface area (Å²) in [6, 6.07) is 13.5. The summed E-state index contributed by atoms with van der Waals surface area (Å²) in [5, 5.41) is 2.91. The molecule has 1 saturated heterocycles. The normalized spacial score (nSPS) is 20.1. The van der Waals surface area contributed by atoms with Crippen LogP contribution in [-0.2, 0) is 14.8 Å². The number of benzene rings is 2. The van der Waals surface area contributed by atoms with Crippen molar-refractivity contribution in [3.05, 3.63) is 65.2 Å². The third kappa shape index (κ3) is 5.05. The molecule has 0 radical (unpaired) electrons. The van der Waals surface area contributed by atoms with E-state index >= 15 is 0 Å². The van der Waals surface area contributed by atoms with Crippen molar-refractivity contribution in [3.8, 4) is 17.1 Å². The molecule has 0 spiro atoms. The minimum atomic E-state index is -4.06. The van der Waals surface area contributed by atoms with Gasteiger partial charge in [0.25, 0.3) is 15.9 Å². The predicted molar refractivity (Wildman–Crippen MR) is 134 cm³/mol. The summed E-state index contributed by atoms with van der Waals surface area (Å²) in [6.07, 6.45) is 1.18. The number of aromatic nitrogens is 2. The van der Waals surface area contributed by atoms with Crippen LogP contribution >= 0.6 is 0 Å². The summed E-state index contributed by atoms with van der Waals surface area (Å²) in [7, 11) is -4.06. The van der Waals surface area contributed by atoms with Crippen LogP contribution in [0.3, 0.4) is 0 Å². The van der Waals surface area contributed by atoms with Crippen molar-refractivity contribution in [1.29, 1.82) is 0 Å². The highest BCUT2D eigenvalue weighted by Gasteiger charge is 2.28. The van der Waals surface area contributed by atoms with Gasteiger partial charge in [0.2, 0.25) is 11.8 Å². The van der Waals surface area contributed by atoms with Crippen LogP contribution in [-0.4, -0.2) is 50.2 Å². The minimum Gasteiger partial charge on any atom is -0.472 e. The number of sulfonamides is 1. The predicted octanol–water partition coefficient (Wildman–Crippen LogP) is 3.48. The van der Waals surface area contributed by atoms with Crippen molar-refractivity contribution in [2.75, 3.05) is 24.5 Å². The smallest absolute Gasteiger partial charge is 0.264 e. The van der Waals surface area contributed by atoms with Gasteiger partial charge in [0.05, 0.1) is 17.1 Å². The molecule has 2 aromatic carbocycles. The zero-order valence-corrected chi connectivity index (χ0v) is 21.0. The van der Waals surface area contributed by atoms with E-state index in [0.717, 1.165) is 29.5 Å². The summed E-state index contributed by atoms with van der Waals surface area (Å²) in [5.74, 6) is -0.105. The van der Waals surface area contributed by atoms with Crippen molar-refractivity contribution < 1.29 is 22.7 Å². The number of amides is 1. The van der Waals surface area contributed by atoms with E-state index in [4.69, 9.17) is 9.47 Å². The molecule has 0 saturated carbocycles. The largest absolute Gasteiger partial charge is 0.472 e. The SMILES string of the molecule is Cc1cccc(C)c1-c1cc2nc(n1)NS(=O)(=O)c1cccc(c1)C(=O)NCC(C1CCOCC1)O2. The molecule has 2 aliphatic rings. The molecule has 1 amide bonds. The quantitative estimate of drug-likeness (QED) is 0.544. The molecular formula is C26H28N4O5S. The number of nitrogens with zero attached hydrogens (tertiary/aromatic N) is 2. The highest BCUT2D eigenvalue weighted by Crippen LogP contribution is 2.31. The van der Waals surface area contributed by atoms with Gasteiger partial charge in [-0.25, -0.2) is 18.1 Å². The Kier molecular flexibility index (Phi) is 6.63. The Hall–Kier alpha value is -3.50. The van der Waals surface area contributed by atoms with Gasteiger partial charge in [-0.2, -0.15) is 4.98 Å². The van der Waals surface area contributed by atoms with Crippen molar-refractivity contribution in [3.63, 3.8) is 0 Å². The van der Waals surface area contributed by atoms with Crippen LogP contribution in [0.25, 0.3) is 11.3 Å². The van der Waals surface area contributed by atoms with Crippen molar-refractivity contribution in [1.82, 2.24) is 15.3 Å². The molecule has 1 unspecified atom stereocenters. The lowest BCUT2D eigenvalue weighted by atomic mass is 9.93. The first-order valence-corrected chi connectivity index (χ1v) is 13.4. The molecule has 5 rings (SSSR count). The van der Waals surface area contributed by atoms with Gasteiger partial charge in [-0.15, -0.1) is 0 Å². The Morgan fingerprint density at radius 1 is 0.972 bits per heavy atom. The molecule has 3 aromatic rings. The van der Waals surface area contributed by atoms with Crippen molar-refractivity contribution in [2.45, 2.75) is 37.7 Å². The molecule has 2 aliphatic heterocycles. The van der Waals surface area contributed by atoms with Gasteiger partial charge in [0, 0.05) is 36.3 Å². The van der Waals surface area contributed by atoms with Gasteiger partial charge in [-0.1, -0.05) is 24.3 Å². The molecule has 1 fully saturated rings. The molecule has 188 valence electrons. The molecule has 0 aliphatic carbocycles. The number of nitrogens with one attached hydrogen (secondary N) is 2. The average molecular weight is 509 g/mol. The number of rotatable bonds is 2. The standard InChI is InChI=1S/C26H28N4O5S/c1-16-5-3-6-17(2)24(16)21-14-23-29-26(28-21)30-36(32,33)20-8-4-7-19(13-20)25(31)27-15-22(35-23)18-9-11-34-12-10-18/h3-8,13-14,18,22H,9-12,15H2,1-2H3,(H,27,31)(H,28,29,30). The molecule has 10 heteroatoms. The van der Waals surface area contributed by atoms with Crippen LogP contribution in [0.1, 0.15) is 34.3 Å². The molecular weight excluding hydrogens is 480 g/mol. The summed E-state index contributed by atoms with van der Waals surface area (Å²) in [5.41, 5.74) is 3.66. The average Bonchev–Trinajstić information content (AvgIpc) is 2.86. The Bertz CT molecular complexity index is 1380. The molecule has 36 heavy (non-hydrogen) atoms. The van der Waals surface area contributed by atoms with E-state index in [1.54, 1.807) is 12.1 Å². The molecule has 3 heterocycles. The van der Waals surface area contributed by atoms with Crippen molar-refractivity contribution >= 4 is 21.9 Å². The van der Waals surface area contributed by atoms with Crippen LogP contribution in [0, 0.1) is 19.8 Å². The van der Waals surface area contributed by atoms with Gasteiger partial charge >= 0.3 is 0 Å². The van der Waals surface area contributed by atoms with Gasteiger partial charge < -0.3 is 14.8 Å². The third-order valence-electron chi connectivity index (χ3n) is 6.60. The summed E-state index contributed by atoms with van der Waals surface area (Å²) in [4.78, 5) is 21.8. The lowest BCUT2D eigenvalue weighted by Gasteiger charge is -2.30. The van der Waals surface area contributed by atoms with Crippen LogP contribution in [0.2, 0.25) is 0 Å². The molecule has 4 bridgehead atoms. The van der Waals surface area contributed by atoms with Crippen LogP contribution in [0.5, 0.6) is 5.88 Å². The number of hydrogen-bond donors (Lipinski definition) is 2. The lowest BCUT2D eigenvalue weighted by Crippen LogP contribution is -2.42. The summed E-state index contributed by atoms with van der Waals surface area (Å²) in [6.45, 7) is 5.42. The zero-order chi connectivity index (χ0) is 25.3. The molecule has 1 aromatic heterocycles. The number of ether oxygens (including phenoxy) is 2. The Morgan fingerprint density at radius 3 is 2.44 bits per heavy atom. The van der Waals surface area contributed by atoms with Gasteiger partial charge in [0.1, 0.15) is 6.10 Å². The second kappa shape index (κ2) is 9.87. The summed E-state index contributed by atoms with van der Waals surface area (Å²) >= 11 is 0. The van der Waals surface area contributed by atoms with Gasteiger partial charge in [0.15, 0.2) is 0 Å². The van der Waals surface area contributed by atoms with Crippen LogP contribution in [0.4, 0.5) is 5.95 Å². The zero-order valence-electron chi connectivity index (χ0n) is 20.2. The fraction of sp³-hybridized carbons (Fsp3) is 0.346. The first-order chi connectivity index (χ1) is 17.3. The Morgan fingerprint density at radius 2 is 1.69 bits per heavy atom. The maximum atomic E-state index is 13.2. The van der Waals surface area contributed by atoms with Crippen LogP contribution in [0.15, 0.2) is 53.4 Å². The van der Waals surface area contributed by atoms with Gasteiger partial charge in [-0.05, 0) is 56.0 Å². The maximum absolute atomic E-state index is 13.2. The van der Waals surface area contributed by atoms with Crippen molar-refractivity contribution in [2.24, 2.45) is 5.92 Å². The van der Waals surface area contributed by atoms with E-state index in [2.05, 4.69) is 20.0 Å².